The fraction of sp³-hybridized carbons (Fsp3) is 0.727. The molecule has 0 aromatic rings. The predicted molar refractivity (Wildman–Crippen MR) is 65.9 cm³/mol. The summed E-state index contributed by atoms with van der Waals surface area (Å²) < 4.78 is 27.1. The number of carbonyl (C=O) groups is 1. The number of ether oxygens (including phenoxy) is 1. The Balaban J connectivity index is 4.59. The van der Waals surface area contributed by atoms with Gasteiger partial charge in [-0.25, -0.2) is 0 Å². The lowest BCUT2D eigenvalue weighted by Gasteiger charge is -2.14. The Morgan fingerprint density at radius 1 is 1.12 bits per heavy atom. The van der Waals surface area contributed by atoms with Gasteiger partial charge in [-0.3, -0.25) is 9.36 Å². The van der Waals surface area contributed by atoms with E-state index < -0.39 is 7.60 Å². The fourth-order valence-electron chi connectivity index (χ4n) is 1.23. The maximum atomic E-state index is 12.1. The molecule has 6 heteroatoms. The van der Waals surface area contributed by atoms with Gasteiger partial charge in [0.2, 0.25) is 0 Å². The molecule has 0 N–H and O–H groups in total. The minimum Gasteiger partial charge on any atom is -0.466 e. The standard InChI is InChI=1S/C11H21O5P/c1-5-14-11(12)8-10(4)9-17(13,15-6-2)16-7-3/h9H,5-8H2,1-4H3. The Kier molecular flexibility index (Phi) is 8.13. The first-order valence-electron chi connectivity index (χ1n) is 5.70. The summed E-state index contributed by atoms with van der Waals surface area (Å²) in [6.45, 7) is 7.83. The van der Waals surface area contributed by atoms with Crippen LogP contribution in [0, 0.1) is 0 Å². The molecule has 100 valence electrons. The molecule has 0 aliphatic carbocycles. The molecule has 0 bridgehead atoms. The molecular weight excluding hydrogens is 243 g/mol. The summed E-state index contributed by atoms with van der Waals surface area (Å²) in [5.74, 6) is 1.04. The third-order valence-corrected chi connectivity index (χ3v) is 3.72. The number of hydrogen-bond donors (Lipinski definition) is 0. The lowest BCUT2D eigenvalue weighted by Crippen LogP contribution is -2.04. The average molecular weight is 264 g/mol. The summed E-state index contributed by atoms with van der Waals surface area (Å²) in [5.41, 5.74) is 0.619. The normalized spacial score (nSPS) is 12.6. The SMILES string of the molecule is CCOC(=O)CC(C)=CP(=O)(OCC)OCC. The smallest absolute Gasteiger partial charge is 0.354 e. The first-order valence-corrected chi connectivity index (χ1v) is 7.31. The molecule has 0 amide bonds. The van der Waals surface area contributed by atoms with Crippen molar-refractivity contribution in [1.82, 2.24) is 0 Å². The second-order valence-corrected chi connectivity index (χ2v) is 5.19. The minimum atomic E-state index is -3.22. The lowest BCUT2D eigenvalue weighted by molar-refractivity contribution is -0.142. The van der Waals surface area contributed by atoms with Crippen LogP contribution in [0.1, 0.15) is 34.1 Å². The minimum absolute atomic E-state index is 0.0952. The molecule has 0 unspecified atom stereocenters. The Hall–Kier alpha value is -0.640. The highest BCUT2D eigenvalue weighted by Gasteiger charge is 2.20. The van der Waals surface area contributed by atoms with Gasteiger partial charge in [0.25, 0.3) is 0 Å². The summed E-state index contributed by atoms with van der Waals surface area (Å²) in [4.78, 5) is 11.2. The van der Waals surface area contributed by atoms with Crippen molar-refractivity contribution in [3.63, 3.8) is 0 Å². The quantitative estimate of drug-likeness (QED) is 0.498. The summed E-state index contributed by atoms with van der Waals surface area (Å²) in [5, 5.41) is 0. The maximum absolute atomic E-state index is 12.1. The monoisotopic (exact) mass is 264 g/mol. The van der Waals surface area contributed by atoms with E-state index in [1.165, 1.54) is 5.82 Å². The van der Waals surface area contributed by atoms with Gasteiger partial charge in [0.05, 0.1) is 26.2 Å². The van der Waals surface area contributed by atoms with Crippen molar-refractivity contribution in [1.29, 1.82) is 0 Å². The molecule has 0 atom stereocenters. The molecule has 0 fully saturated rings. The molecule has 0 aromatic heterocycles. The van der Waals surface area contributed by atoms with Gasteiger partial charge in [-0.15, -0.1) is 0 Å². The molecule has 0 spiro atoms. The third-order valence-electron chi connectivity index (χ3n) is 1.73. The van der Waals surface area contributed by atoms with Crippen LogP contribution in [-0.2, 0) is 23.1 Å². The van der Waals surface area contributed by atoms with Gasteiger partial charge >= 0.3 is 13.6 Å². The van der Waals surface area contributed by atoms with Crippen LogP contribution in [0.25, 0.3) is 0 Å². The van der Waals surface area contributed by atoms with Gasteiger partial charge in [-0.1, -0.05) is 5.57 Å². The molecule has 0 heterocycles. The van der Waals surface area contributed by atoms with Crippen LogP contribution in [-0.4, -0.2) is 25.8 Å². The van der Waals surface area contributed by atoms with E-state index in [1.807, 2.05) is 0 Å². The zero-order chi connectivity index (χ0) is 13.3. The summed E-state index contributed by atoms with van der Waals surface area (Å²) in [6, 6.07) is 0. The number of carbonyl (C=O) groups excluding carboxylic acids is 1. The Bertz CT molecular complexity index is 301. The van der Waals surface area contributed by atoms with Gasteiger partial charge in [-0.2, -0.15) is 0 Å². The average Bonchev–Trinajstić information content (AvgIpc) is 2.17. The molecule has 0 aliphatic heterocycles. The topological polar surface area (TPSA) is 61.8 Å². The Labute approximate surface area is 103 Å². The van der Waals surface area contributed by atoms with Crippen molar-refractivity contribution in [2.24, 2.45) is 0 Å². The molecule has 0 rings (SSSR count). The summed E-state index contributed by atoms with van der Waals surface area (Å²) >= 11 is 0. The molecule has 0 saturated carbocycles. The Morgan fingerprint density at radius 3 is 2.06 bits per heavy atom. The van der Waals surface area contributed by atoms with Crippen molar-refractivity contribution in [2.75, 3.05) is 19.8 Å². The van der Waals surface area contributed by atoms with Crippen molar-refractivity contribution in [2.45, 2.75) is 34.1 Å². The van der Waals surface area contributed by atoms with Crippen molar-refractivity contribution >= 4 is 13.6 Å². The highest BCUT2D eigenvalue weighted by molar-refractivity contribution is 7.57. The maximum Gasteiger partial charge on any atom is 0.354 e. The molecule has 0 aliphatic rings. The summed E-state index contributed by atoms with van der Waals surface area (Å²) in [7, 11) is -3.22. The van der Waals surface area contributed by atoms with E-state index in [9.17, 15) is 9.36 Å². The van der Waals surface area contributed by atoms with Gasteiger partial charge in [0.15, 0.2) is 0 Å². The van der Waals surface area contributed by atoms with E-state index in [-0.39, 0.29) is 12.4 Å². The van der Waals surface area contributed by atoms with Crippen LogP contribution >= 0.6 is 7.60 Å². The zero-order valence-corrected chi connectivity index (χ0v) is 11.8. The highest BCUT2D eigenvalue weighted by atomic mass is 31.2. The van der Waals surface area contributed by atoms with Crippen molar-refractivity contribution in [3.8, 4) is 0 Å². The predicted octanol–water partition coefficient (Wildman–Crippen LogP) is 3.11. The third kappa shape index (κ3) is 7.31. The van der Waals surface area contributed by atoms with Gasteiger partial charge < -0.3 is 13.8 Å². The van der Waals surface area contributed by atoms with E-state index in [0.29, 0.717) is 25.4 Å². The molecular formula is C11H21O5P. The molecule has 5 nitrogen and oxygen atoms in total. The zero-order valence-electron chi connectivity index (χ0n) is 10.9. The van der Waals surface area contributed by atoms with Crippen molar-refractivity contribution < 1.29 is 23.1 Å². The highest BCUT2D eigenvalue weighted by Crippen LogP contribution is 2.50. The first-order chi connectivity index (χ1) is 7.97. The molecule has 17 heavy (non-hydrogen) atoms. The second kappa shape index (κ2) is 8.45. The van der Waals surface area contributed by atoms with Gasteiger partial charge in [0.1, 0.15) is 0 Å². The van der Waals surface area contributed by atoms with E-state index in [0.717, 1.165) is 0 Å². The van der Waals surface area contributed by atoms with E-state index >= 15 is 0 Å². The fourth-order valence-corrected chi connectivity index (χ4v) is 2.80. The van der Waals surface area contributed by atoms with Crippen LogP contribution in [0.15, 0.2) is 11.4 Å². The summed E-state index contributed by atoms with van der Waals surface area (Å²) in [6.07, 6.45) is 0.0952. The second-order valence-electron chi connectivity index (χ2n) is 3.33. The number of esters is 1. The molecule has 0 saturated heterocycles. The number of hydrogen-bond acceptors (Lipinski definition) is 5. The van der Waals surface area contributed by atoms with Crippen molar-refractivity contribution in [3.05, 3.63) is 11.4 Å². The van der Waals surface area contributed by atoms with Crippen LogP contribution < -0.4 is 0 Å². The van der Waals surface area contributed by atoms with Crippen LogP contribution in [0.4, 0.5) is 0 Å². The first kappa shape index (κ1) is 16.4. The van der Waals surface area contributed by atoms with E-state index in [2.05, 4.69) is 0 Å². The van der Waals surface area contributed by atoms with E-state index in [4.69, 9.17) is 13.8 Å². The lowest BCUT2D eigenvalue weighted by atomic mass is 10.2. The van der Waals surface area contributed by atoms with Crippen LogP contribution in [0.2, 0.25) is 0 Å². The van der Waals surface area contributed by atoms with Crippen LogP contribution in [0.5, 0.6) is 0 Å². The van der Waals surface area contributed by atoms with Gasteiger partial charge in [0, 0.05) is 5.82 Å². The van der Waals surface area contributed by atoms with Crippen LogP contribution in [0.3, 0.4) is 0 Å². The van der Waals surface area contributed by atoms with Gasteiger partial charge in [-0.05, 0) is 27.7 Å². The molecule has 0 radical (unpaired) electrons. The Morgan fingerprint density at radius 2 is 1.65 bits per heavy atom. The van der Waals surface area contributed by atoms with E-state index in [1.54, 1.807) is 27.7 Å². The largest absolute Gasteiger partial charge is 0.466 e. The molecule has 0 aromatic carbocycles. The number of rotatable bonds is 8.